The molecular weight excluding hydrogens is 186 g/mol. The minimum atomic E-state index is -1.66. The fraction of sp³-hybridized carbons (Fsp3) is 0.222. The van der Waals surface area contributed by atoms with Gasteiger partial charge in [-0.25, -0.2) is 4.79 Å². The molecule has 2 N–H and O–H groups in total. The summed E-state index contributed by atoms with van der Waals surface area (Å²) in [4.78, 5) is 25.3. The molecule has 74 valence electrons. The van der Waals surface area contributed by atoms with Crippen molar-refractivity contribution in [1.29, 1.82) is 0 Å². The van der Waals surface area contributed by atoms with Gasteiger partial charge in [-0.15, -0.1) is 0 Å². The van der Waals surface area contributed by atoms with E-state index in [1.807, 2.05) is 0 Å². The van der Waals surface area contributed by atoms with Crippen molar-refractivity contribution in [3.63, 3.8) is 0 Å². The van der Waals surface area contributed by atoms with E-state index in [2.05, 4.69) is 4.98 Å². The first-order valence-electron chi connectivity index (χ1n) is 3.96. The Labute approximate surface area is 80.0 Å². The molecule has 0 fully saturated rings. The molecule has 1 aromatic heterocycles. The number of aliphatic hydroxyl groups is 1. The first-order chi connectivity index (χ1) is 6.61. The third-order valence-corrected chi connectivity index (χ3v) is 1.61. The van der Waals surface area contributed by atoms with E-state index >= 15 is 0 Å². The lowest BCUT2D eigenvalue weighted by Crippen LogP contribution is -2.23. The maximum atomic E-state index is 11.3. The highest BCUT2D eigenvalue weighted by Crippen LogP contribution is 2.02. The molecule has 5 heteroatoms. The molecule has 0 aliphatic heterocycles. The molecule has 14 heavy (non-hydrogen) atoms. The van der Waals surface area contributed by atoms with Crippen LogP contribution in [0.1, 0.15) is 16.9 Å². The average Bonchev–Trinajstić information content (AvgIpc) is 2.19. The number of rotatable bonds is 4. The van der Waals surface area contributed by atoms with Gasteiger partial charge in [0.15, 0.2) is 11.9 Å². The van der Waals surface area contributed by atoms with Crippen molar-refractivity contribution >= 4 is 11.8 Å². The average molecular weight is 195 g/mol. The molecule has 0 saturated heterocycles. The minimum absolute atomic E-state index is 0.160. The van der Waals surface area contributed by atoms with Crippen LogP contribution in [-0.4, -0.2) is 33.1 Å². The van der Waals surface area contributed by atoms with Crippen LogP contribution in [0.4, 0.5) is 0 Å². The Hall–Kier alpha value is -1.75. The minimum Gasteiger partial charge on any atom is -0.479 e. The number of aliphatic carboxylic acids is 1. The van der Waals surface area contributed by atoms with Gasteiger partial charge >= 0.3 is 5.97 Å². The van der Waals surface area contributed by atoms with Crippen LogP contribution in [0, 0.1) is 0 Å². The molecule has 5 nitrogen and oxygen atoms in total. The van der Waals surface area contributed by atoms with Gasteiger partial charge in [0.1, 0.15) is 5.69 Å². The van der Waals surface area contributed by atoms with Gasteiger partial charge in [-0.3, -0.25) is 9.78 Å². The van der Waals surface area contributed by atoms with Gasteiger partial charge in [-0.1, -0.05) is 6.07 Å². The highest BCUT2D eigenvalue weighted by atomic mass is 16.4. The number of nitrogens with zero attached hydrogens (tertiary/aromatic N) is 1. The van der Waals surface area contributed by atoms with Crippen LogP contribution in [0.25, 0.3) is 0 Å². The molecule has 0 aliphatic rings. The van der Waals surface area contributed by atoms with Crippen molar-refractivity contribution in [1.82, 2.24) is 4.98 Å². The molecule has 0 saturated carbocycles. The molecule has 1 heterocycles. The highest BCUT2D eigenvalue weighted by molar-refractivity contribution is 5.96. The van der Waals surface area contributed by atoms with Crippen LogP contribution in [0.15, 0.2) is 24.4 Å². The number of pyridine rings is 1. The topological polar surface area (TPSA) is 87.5 Å². The Morgan fingerprint density at radius 1 is 1.43 bits per heavy atom. The second-order valence-electron chi connectivity index (χ2n) is 2.70. The Balaban J connectivity index is 2.64. The number of ketones is 1. The number of Topliss-reactive ketones (excluding diaryl/α,β-unsaturated/α-hetero) is 1. The molecule has 0 aromatic carbocycles. The molecule has 0 bridgehead atoms. The van der Waals surface area contributed by atoms with Crippen LogP contribution >= 0.6 is 0 Å². The summed E-state index contributed by atoms with van der Waals surface area (Å²) in [6, 6.07) is 4.73. The van der Waals surface area contributed by atoms with Crippen molar-refractivity contribution in [3.8, 4) is 0 Å². The van der Waals surface area contributed by atoms with E-state index in [9.17, 15) is 9.59 Å². The van der Waals surface area contributed by atoms with Crippen LogP contribution in [0.3, 0.4) is 0 Å². The first kappa shape index (κ1) is 10.3. The maximum absolute atomic E-state index is 11.3. The van der Waals surface area contributed by atoms with Crippen molar-refractivity contribution in [2.24, 2.45) is 0 Å². The normalized spacial score (nSPS) is 12.1. The standard InChI is InChI=1S/C9H9NO4/c11-7(5-8(12)9(13)14)6-3-1-2-4-10-6/h1-4,8,12H,5H2,(H,13,14). The highest BCUT2D eigenvalue weighted by Gasteiger charge is 2.19. The summed E-state index contributed by atoms with van der Waals surface area (Å²) in [7, 11) is 0. The molecule has 0 amide bonds. The maximum Gasteiger partial charge on any atom is 0.332 e. The zero-order chi connectivity index (χ0) is 10.6. The molecule has 0 radical (unpaired) electrons. The quantitative estimate of drug-likeness (QED) is 0.665. The summed E-state index contributed by atoms with van der Waals surface area (Å²) >= 11 is 0. The Bertz CT molecular complexity index is 336. The van der Waals surface area contributed by atoms with E-state index in [4.69, 9.17) is 10.2 Å². The number of carboxylic acids is 1. The molecular formula is C9H9NO4. The summed E-state index contributed by atoms with van der Waals surface area (Å²) in [5.74, 6) is -1.89. The second kappa shape index (κ2) is 4.48. The van der Waals surface area contributed by atoms with Crippen LogP contribution in [0.5, 0.6) is 0 Å². The number of aromatic nitrogens is 1. The van der Waals surface area contributed by atoms with Crippen LogP contribution in [-0.2, 0) is 4.79 Å². The molecule has 0 aliphatic carbocycles. The van der Waals surface area contributed by atoms with E-state index in [1.165, 1.54) is 12.3 Å². The van der Waals surface area contributed by atoms with Crippen molar-refractivity contribution in [2.45, 2.75) is 12.5 Å². The van der Waals surface area contributed by atoms with Gasteiger partial charge < -0.3 is 10.2 Å². The van der Waals surface area contributed by atoms with Gasteiger partial charge in [0.25, 0.3) is 0 Å². The summed E-state index contributed by atoms with van der Waals surface area (Å²) in [6.45, 7) is 0. The zero-order valence-electron chi connectivity index (χ0n) is 7.25. The second-order valence-corrected chi connectivity index (χ2v) is 2.70. The number of carboxylic acid groups (broad SMARTS) is 1. The SMILES string of the molecule is O=C(CC(O)C(=O)O)c1ccccn1. The van der Waals surface area contributed by atoms with Gasteiger partial charge in [0.2, 0.25) is 0 Å². The van der Waals surface area contributed by atoms with Gasteiger partial charge in [0.05, 0.1) is 0 Å². The lowest BCUT2D eigenvalue weighted by Gasteiger charge is -2.03. The third kappa shape index (κ3) is 2.63. The van der Waals surface area contributed by atoms with Crippen molar-refractivity contribution < 1.29 is 19.8 Å². The summed E-state index contributed by atoms with van der Waals surface area (Å²) in [5, 5.41) is 17.3. The summed E-state index contributed by atoms with van der Waals surface area (Å²) in [5.41, 5.74) is 0.160. The molecule has 0 spiro atoms. The van der Waals surface area contributed by atoms with Crippen LogP contribution < -0.4 is 0 Å². The zero-order valence-corrected chi connectivity index (χ0v) is 7.25. The summed E-state index contributed by atoms with van der Waals surface area (Å²) in [6.07, 6.45) is -0.684. The molecule has 1 atom stereocenters. The smallest absolute Gasteiger partial charge is 0.332 e. The number of hydrogen-bond donors (Lipinski definition) is 2. The Morgan fingerprint density at radius 3 is 2.64 bits per heavy atom. The number of aliphatic hydroxyl groups excluding tert-OH is 1. The van der Waals surface area contributed by atoms with Gasteiger partial charge in [0, 0.05) is 12.6 Å². The fourth-order valence-electron chi connectivity index (χ4n) is 0.895. The monoisotopic (exact) mass is 195 g/mol. The lowest BCUT2D eigenvalue weighted by molar-refractivity contribution is -0.146. The Morgan fingerprint density at radius 2 is 2.14 bits per heavy atom. The third-order valence-electron chi connectivity index (χ3n) is 1.61. The van der Waals surface area contributed by atoms with E-state index in [1.54, 1.807) is 12.1 Å². The van der Waals surface area contributed by atoms with Crippen LogP contribution in [0.2, 0.25) is 0 Å². The number of hydrogen-bond acceptors (Lipinski definition) is 4. The van der Waals surface area contributed by atoms with Crippen molar-refractivity contribution in [2.75, 3.05) is 0 Å². The predicted molar refractivity (Wildman–Crippen MR) is 46.8 cm³/mol. The van der Waals surface area contributed by atoms with E-state index in [0.717, 1.165) is 0 Å². The van der Waals surface area contributed by atoms with E-state index < -0.39 is 24.3 Å². The predicted octanol–water partition coefficient (Wildman–Crippen LogP) is 0.0999. The van der Waals surface area contributed by atoms with E-state index in [0.29, 0.717) is 0 Å². The lowest BCUT2D eigenvalue weighted by atomic mass is 10.1. The van der Waals surface area contributed by atoms with E-state index in [-0.39, 0.29) is 5.69 Å². The van der Waals surface area contributed by atoms with Crippen molar-refractivity contribution in [3.05, 3.63) is 30.1 Å². The summed E-state index contributed by atoms with van der Waals surface area (Å²) < 4.78 is 0. The first-order valence-corrected chi connectivity index (χ1v) is 3.96. The molecule has 1 rings (SSSR count). The largest absolute Gasteiger partial charge is 0.479 e. The van der Waals surface area contributed by atoms with Gasteiger partial charge in [-0.2, -0.15) is 0 Å². The number of carbonyl (C=O) groups excluding carboxylic acids is 1. The number of carbonyl (C=O) groups is 2. The Kier molecular flexibility index (Phi) is 3.30. The fourth-order valence-corrected chi connectivity index (χ4v) is 0.895. The molecule has 1 aromatic rings. The molecule has 1 unspecified atom stereocenters. The van der Waals surface area contributed by atoms with Gasteiger partial charge in [-0.05, 0) is 12.1 Å².